The highest BCUT2D eigenvalue weighted by Crippen LogP contribution is 2.42. The fraction of sp³-hybridized carbons (Fsp3) is 0.750. The Bertz CT molecular complexity index is 539. The molecule has 3 heterocycles. The molecule has 1 aliphatic carbocycles. The van der Waals surface area contributed by atoms with Crippen LogP contribution in [-0.2, 0) is 0 Å². The van der Waals surface area contributed by atoms with E-state index in [1.54, 1.807) is 11.3 Å². The zero-order valence-electron chi connectivity index (χ0n) is 12.6. The third-order valence-corrected chi connectivity index (χ3v) is 6.36. The van der Waals surface area contributed by atoms with Crippen LogP contribution >= 0.6 is 11.3 Å². The van der Waals surface area contributed by atoms with Crippen LogP contribution in [0.2, 0.25) is 0 Å². The van der Waals surface area contributed by atoms with Crippen molar-refractivity contribution in [2.75, 3.05) is 19.6 Å². The number of hydrogen-bond donors (Lipinski definition) is 0. The van der Waals surface area contributed by atoms with Gasteiger partial charge >= 0.3 is 0 Å². The Morgan fingerprint density at radius 3 is 2.86 bits per heavy atom. The Morgan fingerprint density at radius 2 is 2.10 bits per heavy atom. The van der Waals surface area contributed by atoms with Crippen LogP contribution in [0, 0.1) is 0 Å². The molecule has 3 aliphatic rings. The van der Waals surface area contributed by atoms with Gasteiger partial charge in [0.15, 0.2) is 0 Å². The monoisotopic (exact) mass is 305 g/mol. The van der Waals surface area contributed by atoms with Gasteiger partial charge in [-0.25, -0.2) is 4.98 Å². The molecule has 0 N–H and O–H groups in total. The highest BCUT2D eigenvalue weighted by Gasteiger charge is 2.40. The molecular formula is C16H23N3OS. The Labute approximate surface area is 130 Å². The van der Waals surface area contributed by atoms with E-state index >= 15 is 0 Å². The topological polar surface area (TPSA) is 36.4 Å². The van der Waals surface area contributed by atoms with E-state index in [0.717, 1.165) is 30.9 Å². The molecule has 2 atom stereocenters. The fourth-order valence-electron chi connectivity index (χ4n) is 3.80. The number of amides is 1. The van der Waals surface area contributed by atoms with E-state index < -0.39 is 0 Å². The number of nitrogens with zero attached hydrogens (tertiary/aromatic N) is 3. The van der Waals surface area contributed by atoms with Crippen molar-refractivity contribution in [1.82, 2.24) is 14.8 Å². The fourth-order valence-corrected chi connectivity index (χ4v) is 4.83. The number of rotatable bonds is 3. The number of aromatic nitrogens is 1. The molecule has 1 amide bonds. The summed E-state index contributed by atoms with van der Waals surface area (Å²) in [5.41, 5.74) is 0. The number of thiazole rings is 1. The van der Waals surface area contributed by atoms with Gasteiger partial charge in [-0.2, -0.15) is 0 Å². The SMILES string of the molecule is CCN1CCC2CCC(C1)N2C(=O)c1cnc(C2CC2)s1. The summed E-state index contributed by atoms with van der Waals surface area (Å²) in [7, 11) is 0. The normalized spacial score (nSPS) is 29.7. The molecule has 2 unspecified atom stereocenters. The minimum atomic E-state index is 0.241. The first-order valence-corrected chi connectivity index (χ1v) is 9.08. The maximum absolute atomic E-state index is 12.9. The Morgan fingerprint density at radius 1 is 1.29 bits per heavy atom. The molecule has 21 heavy (non-hydrogen) atoms. The maximum atomic E-state index is 12.9. The van der Waals surface area contributed by atoms with Crippen LogP contribution in [0.15, 0.2) is 6.20 Å². The van der Waals surface area contributed by atoms with Crippen molar-refractivity contribution >= 4 is 17.2 Å². The molecule has 2 aliphatic heterocycles. The van der Waals surface area contributed by atoms with Crippen molar-refractivity contribution in [3.8, 4) is 0 Å². The lowest BCUT2D eigenvalue weighted by Crippen LogP contribution is -2.42. The summed E-state index contributed by atoms with van der Waals surface area (Å²) >= 11 is 1.63. The predicted octanol–water partition coefficient (Wildman–Crippen LogP) is 2.72. The summed E-state index contributed by atoms with van der Waals surface area (Å²) in [6, 6.07) is 0.863. The number of carbonyl (C=O) groups excluding carboxylic acids is 1. The Balaban J connectivity index is 1.54. The van der Waals surface area contributed by atoms with E-state index in [9.17, 15) is 4.79 Å². The Hall–Kier alpha value is -0.940. The minimum Gasteiger partial charge on any atom is -0.331 e. The summed E-state index contributed by atoms with van der Waals surface area (Å²) in [5, 5.41) is 1.18. The number of hydrogen-bond acceptors (Lipinski definition) is 4. The van der Waals surface area contributed by atoms with Crippen molar-refractivity contribution in [3.63, 3.8) is 0 Å². The first kappa shape index (κ1) is 13.7. The van der Waals surface area contributed by atoms with Gasteiger partial charge in [-0.05, 0) is 38.6 Å². The molecule has 5 heteroatoms. The van der Waals surface area contributed by atoms with Crippen LogP contribution < -0.4 is 0 Å². The lowest BCUT2D eigenvalue weighted by molar-refractivity contribution is 0.0676. The first-order chi connectivity index (χ1) is 10.3. The van der Waals surface area contributed by atoms with Gasteiger partial charge in [-0.1, -0.05) is 6.92 Å². The van der Waals surface area contributed by atoms with Gasteiger partial charge in [0.25, 0.3) is 5.91 Å². The summed E-state index contributed by atoms with van der Waals surface area (Å²) in [6.07, 6.45) is 7.81. The molecule has 2 bridgehead atoms. The third-order valence-electron chi connectivity index (χ3n) is 5.21. The van der Waals surface area contributed by atoms with Crippen molar-refractivity contribution in [1.29, 1.82) is 0 Å². The van der Waals surface area contributed by atoms with Crippen LogP contribution in [0.5, 0.6) is 0 Å². The highest BCUT2D eigenvalue weighted by atomic mass is 32.1. The molecule has 114 valence electrons. The average molecular weight is 305 g/mol. The van der Waals surface area contributed by atoms with Crippen LogP contribution in [0.4, 0.5) is 0 Å². The van der Waals surface area contributed by atoms with Gasteiger partial charge < -0.3 is 9.80 Å². The van der Waals surface area contributed by atoms with Crippen LogP contribution in [0.3, 0.4) is 0 Å². The van der Waals surface area contributed by atoms with E-state index in [2.05, 4.69) is 21.7 Å². The molecule has 4 nitrogen and oxygen atoms in total. The van der Waals surface area contributed by atoms with E-state index in [1.165, 1.54) is 30.7 Å². The van der Waals surface area contributed by atoms with E-state index in [4.69, 9.17) is 0 Å². The second-order valence-corrected chi connectivity index (χ2v) is 7.68. The van der Waals surface area contributed by atoms with Crippen LogP contribution in [0.25, 0.3) is 0 Å². The smallest absolute Gasteiger partial charge is 0.266 e. The zero-order chi connectivity index (χ0) is 14.4. The van der Waals surface area contributed by atoms with E-state index in [0.29, 0.717) is 18.0 Å². The standard InChI is InChI=1S/C16H23N3OS/c1-2-18-8-7-12-5-6-13(10-18)19(12)16(20)14-9-17-15(21-14)11-3-4-11/h9,11-13H,2-8,10H2,1H3. The molecule has 0 spiro atoms. The lowest BCUT2D eigenvalue weighted by atomic mass is 10.1. The maximum Gasteiger partial charge on any atom is 0.266 e. The molecular weight excluding hydrogens is 282 g/mol. The molecule has 3 fully saturated rings. The van der Waals surface area contributed by atoms with Gasteiger partial charge in [-0.15, -0.1) is 11.3 Å². The molecule has 1 aromatic heterocycles. The van der Waals surface area contributed by atoms with Gasteiger partial charge in [0.05, 0.1) is 11.2 Å². The second kappa shape index (κ2) is 5.36. The average Bonchev–Trinajstić information content (AvgIpc) is 3.12. The van der Waals surface area contributed by atoms with Gasteiger partial charge in [0, 0.05) is 31.1 Å². The molecule has 2 saturated heterocycles. The second-order valence-electron chi connectivity index (χ2n) is 6.62. The van der Waals surface area contributed by atoms with Gasteiger partial charge in [0.1, 0.15) is 4.88 Å². The highest BCUT2D eigenvalue weighted by molar-refractivity contribution is 7.13. The summed E-state index contributed by atoms with van der Waals surface area (Å²) < 4.78 is 0. The van der Waals surface area contributed by atoms with Crippen molar-refractivity contribution in [3.05, 3.63) is 16.1 Å². The van der Waals surface area contributed by atoms with Crippen molar-refractivity contribution in [2.45, 2.75) is 57.0 Å². The zero-order valence-corrected chi connectivity index (χ0v) is 13.4. The van der Waals surface area contributed by atoms with Gasteiger partial charge in [0.2, 0.25) is 0 Å². The summed E-state index contributed by atoms with van der Waals surface area (Å²) in [4.78, 5) is 23.0. The molecule has 1 saturated carbocycles. The summed E-state index contributed by atoms with van der Waals surface area (Å²) in [5.74, 6) is 0.887. The molecule has 1 aromatic rings. The summed E-state index contributed by atoms with van der Waals surface area (Å²) in [6.45, 7) is 5.50. The van der Waals surface area contributed by atoms with Crippen molar-refractivity contribution < 1.29 is 4.79 Å². The number of likely N-dealkylation sites (tertiary alicyclic amines) is 1. The molecule has 4 rings (SSSR count). The minimum absolute atomic E-state index is 0.241. The molecule has 0 aromatic carbocycles. The van der Waals surface area contributed by atoms with E-state index in [1.807, 2.05) is 6.20 Å². The number of fused-ring (bicyclic) bond motifs is 2. The largest absolute Gasteiger partial charge is 0.331 e. The van der Waals surface area contributed by atoms with Crippen LogP contribution in [-0.4, -0.2) is 52.4 Å². The van der Waals surface area contributed by atoms with Gasteiger partial charge in [-0.3, -0.25) is 4.79 Å². The first-order valence-electron chi connectivity index (χ1n) is 8.27. The van der Waals surface area contributed by atoms with E-state index in [-0.39, 0.29) is 5.91 Å². The molecule has 0 radical (unpaired) electrons. The quantitative estimate of drug-likeness (QED) is 0.861. The number of likely N-dealkylation sites (N-methyl/N-ethyl adjacent to an activating group) is 1. The Kier molecular flexibility index (Phi) is 3.50. The van der Waals surface area contributed by atoms with Crippen molar-refractivity contribution in [2.24, 2.45) is 0 Å². The predicted molar refractivity (Wildman–Crippen MR) is 83.8 cm³/mol. The number of carbonyl (C=O) groups is 1. The van der Waals surface area contributed by atoms with Crippen LogP contribution in [0.1, 0.15) is 59.6 Å². The lowest BCUT2D eigenvalue weighted by Gasteiger charge is -2.28. The third kappa shape index (κ3) is 2.50.